The van der Waals surface area contributed by atoms with E-state index < -0.39 is 34.4 Å². The average Bonchev–Trinajstić information content (AvgIpc) is 3.07. The lowest BCUT2D eigenvalue weighted by molar-refractivity contribution is -0.385. The van der Waals surface area contributed by atoms with Gasteiger partial charge < -0.3 is 10.1 Å². The molecule has 0 fully saturated rings. The van der Waals surface area contributed by atoms with Crippen LogP contribution < -0.4 is 10.1 Å². The fraction of sp³-hybridized carbons (Fsp3) is 0.167. The summed E-state index contributed by atoms with van der Waals surface area (Å²) in [6, 6.07) is 11.4. The minimum absolute atomic E-state index is 0.103. The summed E-state index contributed by atoms with van der Waals surface area (Å²) < 4.78 is 5.72. The van der Waals surface area contributed by atoms with E-state index in [2.05, 4.69) is 10.3 Å². The molecule has 0 radical (unpaired) electrons. The molecule has 0 spiro atoms. The number of hydrogen-bond donors (Lipinski definition) is 1. The van der Waals surface area contributed by atoms with Crippen molar-refractivity contribution in [1.82, 2.24) is 9.88 Å². The predicted octanol–water partition coefficient (Wildman–Crippen LogP) is 4.02. The fourth-order valence-electron chi connectivity index (χ4n) is 3.57. The van der Waals surface area contributed by atoms with Crippen molar-refractivity contribution in [3.05, 3.63) is 87.1 Å². The third-order valence-corrected chi connectivity index (χ3v) is 5.59. The number of ether oxygens (including phenoxy) is 1. The van der Waals surface area contributed by atoms with Gasteiger partial charge in [-0.3, -0.25) is 29.4 Å². The topological polar surface area (TPSA) is 132 Å². The van der Waals surface area contributed by atoms with E-state index in [-0.39, 0.29) is 11.1 Å². The molecule has 1 N–H and O–H groups in total. The molecule has 2 heterocycles. The fourth-order valence-corrected chi connectivity index (χ4v) is 3.57. The SMILES string of the molecule is Cc1ccc(Oc2ccc(NC(=O)C(C)N3C(=O)c4cccc([N+](=O)[O-])c4C3=O)cn2)cc1C. The molecule has 4 rings (SSSR count). The van der Waals surface area contributed by atoms with Crippen LogP contribution in [0.15, 0.2) is 54.7 Å². The van der Waals surface area contributed by atoms with Crippen molar-refractivity contribution in [2.45, 2.75) is 26.8 Å². The van der Waals surface area contributed by atoms with E-state index in [9.17, 15) is 24.5 Å². The number of fused-ring (bicyclic) bond motifs is 1. The maximum absolute atomic E-state index is 12.8. The molecular formula is C24H20N4O6. The third-order valence-electron chi connectivity index (χ3n) is 5.59. The van der Waals surface area contributed by atoms with Gasteiger partial charge in [0.25, 0.3) is 17.5 Å². The Bertz CT molecular complexity index is 1340. The molecule has 0 bridgehead atoms. The zero-order chi connectivity index (χ0) is 24.6. The van der Waals surface area contributed by atoms with Gasteiger partial charge in [0.05, 0.1) is 22.4 Å². The number of aromatic nitrogens is 1. The number of nitrogens with one attached hydrogen (secondary N) is 1. The summed E-state index contributed by atoms with van der Waals surface area (Å²) in [6.07, 6.45) is 1.38. The first kappa shape index (κ1) is 22.6. The van der Waals surface area contributed by atoms with Crippen molar-refractivity contribution in [3.63, 3.8) is 0 Å². The Balaban J connectivity index is 1.46. The Labute approximate surface area is 194 Å². The number of nitro benzene ring substituents is 1. The summed E-state index contributed by atoms with van der Waals surface area (Å²) in [5, 5.41) is 13.9. The molecule has 34 heavy (non-hydrogen) atoms. The quantitative estimate of drug-likeness (QED) is 0.334. The molecule has 1 atom stereocenters. The molecule has 0 saturated carbocycles. The number of nitro groups is 1. The summed E-state index contributed by atoms with van der Waals surface area (Å²) in [5.41, 5.74) is 1.65. The Hall–Kier alpha value is -4.60. The van der Waals surface area contributed by atoms with Crippen LogP contribution in [0.3, 0.4) is 0 Å². The van der Waals surface area contributed by atoms with Crippen molar-refractivity contribution < 1.29 is 24.0 Å². The molecule has 3 aromatic rings. The highest BCUT2D eigenvalue weighted by Crippen LogP contribution is 2.32. The number of amides is 3. The Morgan fingerprint density at radius 1 is 1.09 bits per heavy atom. The lowest BCUT2D eigenvalue weighted by atomic mass is 10.1. The first-order valence-corrected chi connectivity index (χ1v) is 10.3. The molecule has 1 unspecified atom stereocenters. The van der Waals surface area contributed by atoms with E-state index in [4.69, 9.17) is 4.74 Å². The predicted molar refractivity (Wildman–Crippen MR) is 122 cm³/mol. The molecule has 1 aliphatic rings. The molecule has 0 aliphatic carbocycles. The molecule has 1 aliphatic heterocycles. The van der Waals surface area contributed by atoms with Crippen molar-refractivity contribution in [1.29, 1.82) is 0 Å². The summed E-state index contributed by atoms with van der Waals surface area (Å²) in [5.74, 6) is -1.35. The standard InChI is InChI=1S/C24H20N4O6/c1-13-7-9-17(11-14(13)2)34-20-10-8-16(12-25-20)26-22(29)15(3)27-23(30)18-5-4-6-19(28(32)33)21(18)24(27)31/h4-12,15H,1-3H3,(H,26,29). The van der Waals surface area contributed by atoms with Crippen LogP contribution in [0.1, 0.15) is 38.8 Å². The number of carbonyl (C=O) groups excluding carboxylic acids is 3. The van der Waals surface area contributed by atoms with Crippen LogP contribution in [0.5, 0.6) is 11.6 Å². The number of benzene rings is 2. The number of imide groups is 1. The highest BCUT2D eigenvalue weighted by atomic mass is 16.6. The lowest BCUT2D eigenvalue weighted by Gasteiger charge is -2.21. The van der Waals surface area contributed by atoms with E-state index in [0.717, 1.165) is 22.1 Å². The van der Waals surface area contributed by atoms with Gasteiger partial charge >= 0.3 is 0 Å². The lowest BCUT2D eigenvalue weighted by Crippen LogP contribution is -2.45. The maximum atomic E-state index is 12.8. The second-order valence-electron chi connectivity index (χ2n) is 7.84. The van der Waals surface area contributed by atoms with Crippen LogP contribution in [-0.4, -0.2) is 38.6 Å². The van der Waals surface area contributed by atoms with Crippen molar-refractivity contribution in [2.75, 3.05) is 5.32 Å². The van der Waals surface area contributed by atoms with Crippen LogP contribution in [-0.2, 0) is 4.79 Å². The van der Waals surface area contributed by atoms with Crippen LogP contribution in [0.4, 0.5) is 11.4 Å². The van der Waals surface area contributed by atoms with Gasteiger partial charge in [0.2, 0.25) is 11.8 Å². The third kappa shape index (κ3) is 4.08. The Morgan fingerprint density at radius 2 is 1.85 bits per heavy atom. The van der Waals surface area contributed by atoms with Crippen LogP contribution >= 0.6 is 0 Å². The van der Waals surface area contributed by atoms with Crippen molar-refractivity contribution >= 4 is 29.1 Å². The number of nitrogens with zero attached hydrogens (tertiary/aromatic N) is 3. The number of rotatable bonds is 6. The largest absolute Gasteiger partial charge is 0.439 e. The number of hydrogen-bond acceptors (Lipinski definition) is 7. The van der Waals surface area contributed by atoms with Gasteiger partial charge in [-0.1, -0.05) is 12.1 Å². The summed E-state index contributed by atoms with van der Waals surface area (Å²) >= 11 is 0. The van der Waals surface area contributed by atoms with Crippen molar-refractivity contribution in [3.8, 4) is 11.6 Å². The van der Waals surface area contributed by atoms with Crippen molar-refractivity contribution in [2.24, 2.45) is 0 Å². The molecule has 0 saturated heterocycles. The second kappa shape index (κ2) is 8.74. The highest BCUT2D eigenvalue weighted by molar-refractivity contribution is 6.24. The number of pyridine rings is 1. The van der Waals surface area contributed by atoms with E-state index in [0.29, 0.717) is 17.3 Å². The summed E-state index contributed by atoms with van der Waals surface area (Å²) in [4.78, 5) is 53.7. The maximum Gasteiger partial charge on any atom is 0.282 e. The molecule has 1 aromatic heterocycles. The van der Waals surface area contributed by atoms with Gasteiger partial charge in [-0.05, 0) is 56.2 Å². The van der Waals surface area contributed by atoms with Crippen LogP contribution in [0.25, 0.3) is 0 Å². The number of anilines is 1. The Morgan fingerprint density at radius 3 is 2.50 bits per heavy atom. The highest BCUT2D eigenvalue weighted by Gasteiger charge is 2.44. The average molecular weight is 460 g/mol. The van der Waals surface area contributed by atoms with E-state index in [1.807, 2.05) is 32.0 Å². The number of carbonyl (C=O) groups is 3. The first-order chi connectivity index (χ1) is 16.2. The van der Waals surface area contributed by atoms with Crippen LogP contribution in [0.2, 0.25) is 0 Å². The molecule has 10 nitrogen and oxygen atoms in total. The second-order valence-corrected chi connectivity index (χ2v) is 7.84. The monoisotopic (exact) mass is 460 g/mol. The zero-order valence-electron chi connectivity index (χ0n) is 18.6. The van der Waals surface area contributed by atoms with Gasteiger partial charge in [-0.25, -0.2) is 4.98 Å². The number of aryl methyl sites for hydroxylation is 2. The zero-order valence-corrected chi connectivity index (χ0v) is 18.6. The minimum atomic E-state index is -1.21. The van der Waals surface area contributed by atoms with Gasteiger partial charge in [-0.2, -0.15) is 0 Å². The molecule has 2 aromatic carbocycles. The van der Waals surface area contributed by atoms with Gasteiger partial charge in [0.1, 0.15) is 17.4 Å². The normalized spacial score (nSPS) is 13.4. The first-order valence-electron chi connectivity index (χ1n) is 10.3. The molecule has 172 valence electrons. The molecule has 10 heteroatoms. The van der Waals surface area contributed by atoms with E-state index in [1.165, 1.54) is 25.3 Å². The van der Waals surface area contributed by atoms with E-state index >= 15 is 0 Å². The molecule has 3 amide bonds. The Kier molecular flexibility index (Phi) is 5.80. The van der Waals surface area contributed by atoms with Gasteiger partial charge in [-0.15, -0.1) is 0 Å². The van der Waals surface area contributed by atoms with E-state index in [1.54, 1.807) is 12.1 Å². The molecular weight excluding hydrogens is 440 g/mol. The van der Waals surface area contributed by atoms with Gasteiger partial charge in [0.15, 0.2) is 0 Å². The summed E-state index contributed by atoms with van der Waals surface area (Å²) in [6.45, 7) is 5.34. The van der Waals surface area contributed by atoms with Gasteiger partial charge in [0, 0.05) is 12.1 Å². The summed E-state index contributed by atoms with van der Waals surface area (Å²) in [7, 11) is 0. The smallest absolute Gasteiger partial charge is 0.282 e. The minimum Gasteiger partial charge on any atom is -0.439 e. The van der Waals surface area contributed by atoms with Crippen LogP contribution in [0, 0.1) is 24.0 Å².